The maximum absolute atomic E-state index is 13.3. The third kappa shape index (κ3) is 4.19. The Morgan fingerprint density at radius 1 is 1.15 bits per heavy atom. The Morgan fingerprint density at radius 2 is 1.95 bits per heavy atom. The van der Waals surface area contributed by atoms with Crippen molar-refractivity contribution in [1.29, 1.82) is 0 Å². The fourth-order valence-electron chi connectivity index (χ4n) is 5.54. The quantitative estimate of drug-likeness (QED) is 0.446. The van der Waals surface area contributed by atoms with Gasteiger partial charge in [-0.25, -0.2) is 4.79 Å². The Hall–Kier alpha value is -4.38. The molecule has 5 heterocycles. The number of ether oxygens (including phenoxy) is 1. The number of methoxy groups -OCH3 is 1. The van der Waals surface area contributed by atoms with Crippen LogP contribution in [0, 0.1) is 0 Å². The summed E-state index contributed by atoms with van der Waals surface area (Å²) in [6.07, 6.45) is 1.74. The zero-order valence-electron chi connectivity index (χ0n) is 22.0. The summed E-state index contributed by atoms with van der Waals surface area (Å²) in [4.78, 5) is 49.5. The number of pyridine rings is 1. The molecule has 0 spiro atoms. The number of nitrogens with one attached hydrogen (secondary N) is 2. The van der Waals surface area contributed by atoms with Crippen LogP contribution >= 0.6 is 0 Å². The molecule has 3 aromatic rings. The van der Waals surface area contributed by atoms with E-state index < -0.39 is 17.5 Å². The third-order valence-corrected chi connectivity index (χ3v) is 7.89. The van der Waals surface area contributed by atoms with Crippen molar-refractivity contribution in [3.05, 3.63) is 65.6 Å². The molecule has 11 nitrogen and oxygen atoms in total. The first-order valence-corrected chi connectivity index (χ1v) is 13.0. The fraction of sp³-hybridized carbons (Fsp3) is 0.357. The van der Waals surface area contributed by atoms with Gasteiger partial charge in [-0.1, -0.05) is 19.6 Å². The lowest BCUT2D eigenvalue weighted by Crippen LogP contribution is -2.52. The van der Waals surface area contributed by atoms with E-state index in [1.165, 1.54) is 12.0 Å². The van der Waals surface area contributed by atoms with Gasteiger partial charge in [-0.05, 0) is 30.3 Å². The number of hydrogen-bond acceptors (Lipinski definition) is 8. The molecule has 0 aliphatic carbocycles. The lowest BCUT2D eigenvalue weighted by molar-refractivity contribution is -0.125. The van der Waals surface area contributed by atoms with E-state index in [1.54, 1.807) is 24.4 Å². The Kier molecular flexibility index (Phi) is 6.02. The molecule has 11 heteroatoms. The minimum atomic E-state index is -1.60. The van der Waals surface area contributed by atoms with Crippen molar-refractivity contribution in [2.45, 2.75) is 19.0 Å². The smallest absolute Gasteiger partial charge is 0.322 e. The Labute approximate surface area is 225 Å². The Bertz CT molecular complexity index is 1510. The predicted octanol–water partition coefficient (Wildman–Crippen LogP) is 2.14. The summed E-state index contributed by atoms with van der Waals surface area (Å²) < 4.78 is 11.4. The number of furan rings is 1. The van der Waals surface area contributed by atoms with E-state index in [0.29, 0.717) is 22.4 Å². The monoisotopic (exact) mass is 530 g/mol. The molecule has 2 N–H and O–H groups in total. The van der Waals surface area contributed by atoms with Crippen molar-refractivity contribution in [1.82, 2.24) is 30.3 Å². The van der Waals surface area contributed by atoms with Crippen LogP contribution in [0.1, 0.15) is 34.2 Å². The summed E-state index contributed by atoms with van der Waals surface area (Å²) in [7, 11) is 1.54. The van der Waals surface area contributed by atoms with Gasteiger partial charge in [-0.3, -0.25) is 19.9 Å². The Balaban J connectivity index is 1.30. The van der Waals surface area contributed by atoms with Gasteiger partial charge in [0.15, 0.2) is 11.1 Å². The van der Waals surface area contributed by atoms with Crippen LogP contribution in [0.3, 0.4) is 0 Å². The first kappa shape index (κ1) is 24.9. The number of fused-ring (bicyclic) bond motifs is 2. The maximum Gasteiger partial charge on any atom is 0.322 e. The molecule has 2 aromatic heterocycles. The molecule has 3 aliphatic heterocycles. The summed E-state index contributed by atoms with van der Waals surface area (Å²) >= 11 is 0. The maximum atomic E-state index is 13.3. The first-order chi connectivity index (χ1) is 18.8. The molecule has 1 aromatic carbocycles. The van der Waals surface area contributed by atoms with Crippen LogP contribution in [0.25, 0.3) is 16.8 Å². The SMILES string of the molecule is C=C(c1cnc2cc(C3(CN4Cc5ccc(OC)cc5C4=O)NC(=O)NC3=O)oc2c1)N1CCN(CC)CC1. The number of benzene rings is 1. The number of carbonyl (C=O) groups excluding carboxylic acids is 3. The lowest BCUT2D eigenvalue weighted by atomic mass is 9.95. The minimum absolute atomic E-state index is 0.110. The van der Waals surface area contributed by atoms with Crippen molar-refractivity contribution in [3.63, 3.8) is 0 Å². The highest BCUT2D eigenvalue weighted by Gasteiger charge is 2.53. The van der Waals surface area contributed by atoms with Crippen LogP contribution in [0.15, 0.2) is 47.5 Å². The highest BCUT2D eigenvalue weighted by Crippen LogP contribution is 2.35. The largest absolute Gasteiger partial charge is 0.497 e. The summed E-state index contributed by atoms with van der Waals surface area (Å²) in [5.74, 6) is -0.0767. The van der Waals surface area contributed by atoms with Gasteiger partial charge in [0.05, 0.1) is 13.7 Å². The zero-order valence-corrected chi connectivity index (χ0v) is 22.0. The number of carbonyl (C=O) groups is 3. The molecule has 39 heavy (non-hydrogen) atoms. The van der Waals surface area contributed by atoms with E-state index in [0.717, 1.165) is 49.5 Å². The summed E-state index contributed by atoms with van der Waals surface area (Å²) in [6.45, 7) is 11.3. The second kappa shape index (κ2) is 9.42. The molecule has 2 fully saturated rings. The number of amides is 4. The molecular weight excluding hydrogens is 500 g/mol. The predicted molar refractivity (Wildman–Crippen MR) is 143 cm³/mol. The fourth-order valence-corrected chi connectivity index (χ4v) is 5.54. The van der Waals surface area contributed by atoms with Gasteiger partial charge in [-0.2, -0.15) is 0 Å². The molecule has 1 atom stereocenters. The van der Waals surface area contributed by atoms with E-state index in [-0.39, 0.29) is 24.8 Å². The molecule has 0 bridgehead atoms. The number of imide groups is 1. The van der Waals surface area contributed by atoms with Crippen molar-refractivity contribution in [3.8, 4) is 5.75 Å². The average Bonchev–Trinajstić information content (AvgIpc) is 3.61. The van der Waals surface area contributed by atoms with Crippen LogP contribution in [-0.2, 0) is 16.9 Å². The standard InChI is InChI=1S/C28H30N6O5/c1-4-32-7-9-33(10-8-32)17(2)19-11-23-22(29-14-19)13-24(39-23)28(26(36)30-27(37)31-28)16-34-15-18-5-6-20(38-3)12-21(18)25(34)35/h5-6,11-14H,2,4,7-10,15-16H2,1,3H3,(H2,30,31,36,37). The number of piperazine rings is 1. The molecule has 2 saturated heterocycles. The summed E-state index contributed by atoms with van der Waals surface area (Å²) in [5, 5.41) is 5.03. The second-order valence-corrected chi connectivity index (χ2v) is 10.1. The number of aromatic nitrogens is 1. The average molecular weight is 531 g/mol. The van der Waals surface area contributed by atoms with Gasteiger partial charge in [-0.15, -0.1) is 0 Å². The van der Waals surface area contributed by atoms with Crippen molar-refractivity contribution in [2.24, 2.45) is 0 Å². The molecule has 1 unspecified atom stereocenters. The molecule has 6 rings (SSSR count). The van der Waals surface area contributed by atoms with Crippen LogP contribution < -0.4 is 15.4 Å². The van der Waals surface area contributed by atoms with E-state index in [4.69, 9.17) is 9.15 Å². The Morgan fingerprint density at radius 3 is 2.64 bits per heavy atom. The first-order valence-electron chi connectivity index (χ1n) is 13.0. The minimum Gasteiger partial charge on any atom is -0.497 e. The molecule has 4 amide bonds. The number of nitrogens with zero attached hydrogens (tertiary/aromatic N) is 4. The highest BCUT2D eigenvalue weighted by molar-refractivity contribution is 6.08. The van der Waals surface area contributed by atoms with Crippen LogP contribution in [-0.4, -0.2) is 83.9 Å². The topological polar surface area (TPSA) is 120 Å². The van der Waals surface area contributed by atoms with E-state index >= 15 is 0 Å². The number of rotatable bonds is 7. The molecular formula is C28H30N6O5. The van der Waals surface area contributed by atoms with Crippen LogP contribution in [0.4, 0.5) is 4.79 Å². The van der Waals surface area contributed by atoms with Gasteiger partial charge >= 0.3 is 6.03 Å². The van der Waals surface area contributed by atoms with Crippen LogP contribution in [0.2, 0.25) is 0 Å². The van der Waals surface area contributed by atoms with E-state index in [9.17, 15) is 14.4 Å². The number of urea groups is 1. The van der Waals surface area contributed by atoms with Gasteiger partial charge in [0.2, 0.25) is 0 Å². The molecule has 0 radical (unpaired) electrons. The molecule has 3 aliphatic rings. The van der Waals surface area contributed by atoms with E-state index in [2.05, 4.69) is 38.9 Å². The lowest BCUT2D eigenvalue weighted by Gasteiger charge is -2.36. The summed E-state index contributed by atoms with van der Waals surface area (Å²) in [5.41, 5.74) is 2.39. The van der Waals surface area contributed by atoms with Gasteiger partial charge in [0, 0.05) is 61.8 Å². The van der Waals surface area contributed by atoms with E-state index in [1.807, 2.05) is 12.1 Å². The second-order valence-electron chi connectivity index (χ2n) is 10.1. The van der Waals surface area contributed by atoms with Gasteiger partial charge in [0.25, 0.3) is 11.8 Å². The van der Waals surface area contributed by atoms with Crippen molar-refractivity contribution in [2.75, 3.05) is 46.4 Å². The normalized spacial score (nSPS) is 21.3. The highest BCUT2D eigenvalue weighted by atomic mass is 16.5. The third-order valence-electron chi connectivity index (χ3n) is 7.89. The summed E-state index contributed by atoms with van der Waals surface area (Å²) in [6, 6.07) is 8.14. The molecule has 202 valence electrons. The van der Waals surface area contributed by atoms with Crippen molar-refractivity contribution >= 4 is 34.6 Å². The van der Waals surface area contributed by atoms with Gasteiger partial charge in [0.1, 0.15) is 17.0 Å². The van der Waals surface area contributed by atoms with Crippen LogP contribution in [0.5, 0.6) is 5.75 Å². The van der Waals surface area contributed by atoms with Gasteiger partial charge < -0.3 is 29.2 Å². The molecule has 0 saturated carbocycles. The zero-order chi connectivity index (χ0) is 27.3. The number of likely N-dealkylation sites (N-methyl/N-ethyl adjacent to an activating group) is 1. The number of hydrogen-bond donors (Lipinski definition) is 2. The van der Waals surface area contributed by atoms with Crippen molar-refractivity contribution < 1.29 is 23.5 Å².